The lowest BCUT2D eigenvalue weighted by Crippen LogP contribution is -2.36. The maximum atomic E-state index is 5.50. The topological polar surface area (TPSA) is 68.9 Å². The first kappa shape index (κ1) is 13.4. The van der Waals surface area contributed by atoms with Gasteiger partial charge in [0.1, 0.15) is 12.4 Å². The molecule has 0 aliphatic heterocycles. The standard InChI is InChI=1S/C9H21N3O2/c1-9(2,3)14-7-8(12-10)11-5-6-13-4/h5-7,10H2,1-4H3,(H,11,12). The van der Waals surface area contributed by atoms with Crippen LogP contribution in [0.15, 0.2) is 4.99 Å². The van der Waals surface area contributed by atoms with Crippen molar-refractivity contribution in [2.45, 2.75) is 26.4 Å². The Balaban J connectivity index is 3.84. The second kappa shape index (κ2) is 6.75. The molecule has 0 unspecified atom stereocenters. The quantitative estimate of drug-likeness (QED) is 0.222. The molecule has 0 saturated carbocycles. The van der Waals surface area contributed by atoms with Crippen LogP contribution in [0.5, 0.6) is 0 Å². The minimum absolute atomic E-state index is 0.182. The number of amidine groups is 1. The molecule has 0 radical (unpaired) electrons. The predicted octanol–water partition coefficient (Wildman–Crippen LogP) is 0.310. The van der Waals surface area contributed by atoms with Crippen molar-refractivity contribution in [3.05, 3.63) is 0 Å². The van der Waals surface area contributed by atoms with E-state index in [0.29, 0.717) is 25.6 Å². The molecule has 0 aliphatic carbocycles. The third-order valence-electron chi connectivity index (χ3n) is 1.41. The summed E-state index contributed by atoms with van der Waals surface area (Å²) in [6.45, 7) is 7.51. The molecule has 5 heteroatoms. The van der Waals surface area contributed by atoms with Crippen LogP contribution in [0.1, 0.15) is 20.8 Å². The minimum Gasteiger partial charge on any atom is -0.383 e. The fraction of sp³-hybridized carbons (Fsp3) is 0.889. The summed E-state index contributed by atoms with van der Waals surface area (Å²) >= 11 is 0. The average Bonchev–Trinajstić information content (AvgIpc) is 2.09. The normalized spacial score (nSPS) is 13.1. The van der Waals surface area contributed by atoms with E-state index in [0.717, 1.165) is 0 Å². The molecule has 0 aliphatic rings. The Morgan fingerprint density at radius 3 is 2.50 bits per heavy atom. The highest BCUT2D eigenvalue weighted by Gasteiger charge is 2.10. The van der Waals surface area contributed by atoms with Gasteiger partial charge in [-0.05, 0) is 20.8 Å². The summed E-state index contributed by atoms with van der Waals surface area (Å²) in [4.78, 5) is 4.17. The summed E-state index contributed by atoms with van der Waals surface area (Å²) in [5.74, 6) is 5.92. The van der Waals surface area contributed by atoms with Crippen LogP contribution in [-0.2, 0) is 9.47 Å². The number of hydrogen-bond acceptors (Lipinski definition) is 4. The third kappa shape index (κ3) is 7.97. The molecule has 0 spiro atoms. The number of hydrogen-bond donors (Lipinski definition) is 2. The summed E-state index contributed by atoms with van der Waals surface area (Å²) < 4.78 is 10.4. The first-order chi connectivity index (χ1) is 6.49. The highest BCUT2D eigenvalue weighted by molar-refractivity contribution is 5.82. The molecule has 14 heavy (non-hydrogen) atoms. The second-order valence-electron chi connectivity index (χ2n) is 3.87. The maximum Gasteiger partial charge on any atom is 0.137 e. The number of aliphatic imine (C=N–C) groups is 1. The molecule has 3 N–H and O–H groups in total. The van der Waals surface area contributed by atoms with E-state index in [4.69, 9.17) is 15.3 Å². The highest BCUT2D eigenvalue weighted by Crippen LogP contribution is 2.05. The van der Waals surface area contributed by atoms with Crippen molar-refractivity contribution in [2.75, 3.05) is 26.9 Å². The van der Waals surface area contributed by atoms with Crippen molar-refractivity contribution < 1.29 is 9.47 Å². The van der Waals surface area contributed by atoms with Crippen molar-refractivity contribution in [1.29, 1.82) is 0 Å². The molecule has 0 rings (SSSR count). The van der Waals surface area contributed by atoms with Crippen LogP contribution in [0.25, 0.3) is 0 Å². The first-order valence-corrected chi connectivity index (χ1v) is 4.62. The van der Waals surface area contributed by atoms with Gasteiger partial charge in [0.25, 0.3) is 0 Å². The molecular weight excluding hydrogens is 182 g/mol. The summed E-state index contributed by atoms with van der Waals surface area (Å²) in [6, 6.07) is 0. The van der Waals surface area contributed by atoms with Crippen LogP contribution in [0.4, 0.5) is 0 Å². The van der Waals surface area contributed by atoms with Crippen molar-refractivity contribution >= 4 is 5.84 Å². The zero-order valence-corrected chi connectivity index (χ0v) is 9.46. The van der Waals surface area contributed by atoms with E-state index >= 15 is 0 Å². The van der Waals surface area contributed by atoms with Gasteiger partial charge in [0.05, 0.1) is 18.8 Å². The number of hydrazine groups is 1. The van der Waals surface area contributed by atoms with E-state index in [9.17, 15) is 0 Å². The maximum absolute atomic E-state index is 5.50. The number of rotatable bonds is 5. The molecule has 0 atom stereocenters. The summed E-state index contributed by atoms with van der Waals surface area (Å²) in [7, 11) is 1.64. The van der Waals surface area contributed by atoms with Crippen LogP contribution in [0.2, 0.25) is 0 Å². The number of nitrogens with zero attached hydrogens (tertiary/aromatic N) is 1. The van der Waals surface area contributed by atoms with Crippen molar-refractivity contribution in [1.82, 2.24) is 5.43 Å². The van der Waals surface area contributed by atoms with Crippen LogP contribution in [-0.4, -0.2) is 38.3 Å². The van der Waals surface area contributed by atoms with Crippen molar-refractivity contribution in [3.63, 3.8) is 0 Å². The molecule has 5 nitrogen and oxygen atoms in total. The molecule has 0 fully saturated rings. The molecule has 0 heterocycles. The van der Waals surface area contributed by atoms with Crippen LogP contribution in [0.3, 0.4) is 0 Å². The lowest BCUT2D eigenvalue weighted by molar-refractivity contribution is 0.0201. The average molecular weight is 203 g/mol. The fourth-order valence-electron chi connectivity index (χ4n) is 0.690. The molecule has 84 valence electrons. The van der Waals surface area contributed by atoms with Gasteiger partial charge in [-0.25, -0.2) is 5.84 Å². The molecule has 0 bridgehead atoms. The van der Waals surface area contributed by atoms with Crippen molar-refractivity contribution in [3.8, 4) is 0 Å². The Bertz CT molecular complexity index is 175. The number of nitrogens with one attached hydrogen (secondary N) is 1. The molecule has 0 aromatic carbocycles. The smallest absolute Gasteiger partial charge is 0.137 e. The molecule has 0 amide bonds. The zero-order chi connectivity index (χ0) is 11.0. The van der Waals surface area contributed by atoms with Gasteiger partial charge in [-0.2, -0.15) is 0 Å². The van der Waals surface area contributed by atoms with E-state index in [2.05, 4.69) is 10.4 Å². The summed E-state index contributed by atoms with van der Waals surface area (Å²) in [6.07, 6.45) is 0. The van der Waals surface area contributed by atoms with E-state index in [-0.39, 0.29) is 5.60 Å². The third-order valence-corrected chi connectivity index (χ3v) is 1.41. The molecule has 0 saturated heterocycles. The minimum atomic E-state index is -0.182. The van der Waals surface area contributed by atoms with Gasteiger partial charge in [-0.1, -0.05) is 0 Å². The van der Waals surface area contributed by atoms with Gasteiger partial charge in [0, 0.05) is 7.11 Å². The van der Waals surface area contributed by atoms with Crippen LogP contribution >= 0.6 is 0 Å². The van der Waals surface area contributed by atoms with Gasteiger partial charge < -0.3 is 14.9 Å². The monoisotopic (exact) mass is 203 g/mol. The summed E-state index contributed by atoms with van der Waals surface area (Å²) in [5, 5.41) is 0. The Hall–Kier alpha value is -0.650. The van der Waals surface area contributed by atoms with Gasteiger partial charge >= 0.3 is 0 Å². The Labute approximate surface area is 85.6 Å². The highest BCUT2D eigenvalue weighted by atomic mass is 16.5. The fourth-order valence-corrected chi connectivity index (χ4v) is 0.690. The lowest BCUT2D eigenvalue weighted by Gasteiger charge is -2.19. The lowest BCUT2D eigenvalue weighted by atomic mass is 10.2. The van der Waals surface area contributed by atoms with Crippen molar-refractivity contribution in [2.24, 2.45) is 10.8 Å². The van der Waals surface area contributed by atoms with Crippen LogP contribution < -0.4 is 11.3 Å². The van der Waals surface area contributed by atoms with E-state index in [1.807, 2.05) is 20.8 Å². The predicted molar refractivity (Wildman–Crippen MR) is 57.2 cm³/mol. The Kier molecular flexibility index (Phi) is 6.44. The van der Waals surface area contributed by atoms with Gasteiger partial charge in [-0.15, -0.1) is 0 Å². The Morgan fingerprint density at radius 2 is 2.07 bits per heavy atom. The van der Waals surface area contributed by atoms with Gasteiger partial charge in [0.2, 0.25) is 0 Å². The van der Waals surface area contributed by atoms with Crippen LogP contribution in [0, 0.1) is 0 Å². The SMILES string of the molecule is COCCN=C(COC(C)(C)C)NN. The first-order valence-electron chi connectivity index (χ1n) is 4.62. The zero-order valence-electron chi connectivity index (χ0n) is 9.46. The number of ether oxygens (including phenoxy) is 2. The molecule has 0 aromatic heterocycles. The van der Waals surface area contributed by atoms with Gasteiger partial charge in [0.15, 0.2) is 0 Å². The molecular formula is C9H21N3O2. The number of nitrogens with two attached hydrogens (primary N) is 1. The van der Waals surface area contributed by atoms with Gasteiger partial charge in [-0.3, -0.25) is 4.99 Å². The number of methoxy groups -OCH3 is 1. The van der Waals surface area contributed by atoms with E-state index in [1.54, 1.807) is 7.11 Å². The second-order valence-corrected chi connectivity index (χ2v) is 3.87. The van der Waals surface area contributed by atoms with E-state index < -0.39 is 0 Å². The molecule has 0 aromatic rings. The Morgan fingerprint density at radius 1 is 1.43 bits per heavy atom. The van der Waals surface area contributed by atoms with E-state index in [1.165, 1.54) is 0 Å². The largest absolute Gasteiger partial charge is 0.383 e. The summed E-state index contributed by atoms with van der Waals surface area (Å²) in [5.41, 5.74) is 2.32.